The van der Waals surface area contributed by atoms with Gasteiger partial charge in [0, 0.05) is 63.6 Å². The van der Waals surface area contributed by atoms with Crippen molar-refractivity contribution < 1.29 is 9.53 Å². The third kappa shape index (κ3) is 4.86. The molecule has 1 unspecified atom stereocenters. The predicted molar refractivity (Wildman–Crippen MR) is 116 cm³/mol. The second-order valence-corrected chi connectivity index (χ2v) is 9.13. The molecular weight excluding hydrogens is 364 g/mol. The van der Waals surface area contributed by atoms with Gasteiger partial charge in [-0.1, -0.05) is 18.2 Å². The topological polar surface area (TPSA) is 48.1 Å². The minimum atomic E-state index is -0.0336. The first-order valence-electron chi connectivity index (χ1n) is 11.3. The van der Waals surface area contributed by atoms with E-state index in [1.165, 1.54) is 5.69 Å². The van der Waals surface area contributed by atoms with Crippen LogP contribution in [0.2, 0.25) is 0 Å². The fourth-order valence-electron chi connectivity index (χ4n) is 5.10. The molecule has 2 amide bonds. The van der Waals surface area contributed by atoms with Crippen molar-refractivity contribution in [2.75, 3.05) is 50.8 Å². The lowest BCUT2D eigenvalue weighted by molar-refractivity contribution is -0.129. The number of nitrogens with one attached hydrogen (secondary N) is 1. The number of piperidine rings is 1. The Labute approximate surface area is 175 Å². The highest BCUT2D eigenvalue weighted by Gasteiger charge is 2.43. The van der Waals surface area contributed by atoms with Crippen molar-refractivity contribution in [2.24, 2.45) is 0 Å². The monoisotopic (exact) mass is 400 g/mol. The second-order valence-electron chi connectivity index (χ2n) is 9.13. The molecular formula is C23H36N4O2. The fraction of sp³-hybridized carbons (Fsp3) is 0.696. The Kier molecular flexibility index (Phi) is 6.30. The highest BCUT2D eigenvalue weighted by Crippen LogP contribution is 2.37. The van der Waals surface area contributed by atoms with E-state index in [2.05, 4.69) is 45.4 Å². The third-order valence-electron chi connectivity index (χ3n) is 6.79. The molecule has 1 aromatic carbocycles. The van der Waals surface area contributed by atoms with E-state index < -0.39 is 0 Å². The molecule has 4 rings (SSSR count). The Balaban J connectivity index is 1.29. The summed E-state index contributed by atoms with van der Waals surface area (Å²) in [6, 6.07) is 11.6. The number of carbonyl (C=O) groups is 1. The molecule has 0 aliphatic carbocycles. The van der Waals surface area contributed by atoms with E-state index in [1.54, 1.807) is 0 Å². The molecule has 0 bridgehead atoms. The summed E-state index contributed by atoms with van der Waals surface area (Å²) in [4.78, 5) is 19.4. The number of hydrogen-bond acceptors (Lipinski definition) is 4. The summed E-state index contributed by atoms with van der Waals surface area (Å²) < 4.78 is 6.33. The molecule has 29 heavy (non-hydrogen) atoms. The van der Waals surface area contributed by atoms with Gasteiger partial charge in [0.05, 0.1) is 5.60 Å². The molecule has 6 nitrogen and oxygen atoms in total. The third-order valence-corrected chi connectivity index (χ3v) is 6.79. The van der Waals surface area contributed by atoms with Gasteiger partial charge in [0.25, 0.3) is 0 Å². The summed E-state index contributed by atoms with van der Waals surface area (Å²) >= 11 is 0. The van der Waals surface area contributed by atoms with Gasteiger partial charge in [0.1, 0.15) is 0 Å². The molecule has 160 valence electrons. The smallest absolute Gasteiger partial charge is 0.317 e. The second kappa shape index (κ2) is 8.92. The Morgan fingerprint density at radius 2 is 1.76 bits per heavy atom. The van der Waals surface area contributed by atoms with Crippen LogP contribution in [0.5, 0.6) is 0 Å². The van der Waals surface area contributed by atoms with Gasteiger partial charge in [-0.2, -0.15) is 0 Å². The van der Waals surface area contributed by atoms with E-state index >= 15 is 0 Å². The van der Waals surface area contributed by atoms with Crippen molar-refractivity contribution in [3.8, 4) is 0 Å². The summed E-state index contributed by atoms with van der Waals surface area (Å²) in [5.41, 5.74) is 1.30. The Hall–Kier alpha value is -1.79. The van der Waals surface area contributed by atoms with Crippen molar-refractivity contribution in [3.05, 3.63) is 30.3 Å². The van der Waals surface area contributed by atoms with Crippen LogP contribution in [-0.4, -0.2) is 79.4 Å². The molecule has 0 aromatic heterocycles. The van der Waals surface area contributed by atoms with Crippen LogP contribution < -0.4 is 10.2 Å². The van der Waals surface area contributed by atoms with Gasteiger partial charge in [-0.3, -0.25) is 4.90 Å². The number of nitrogens with zero attached hydrogens (tertiary/aromatic N) is 3. The normalized spacial score (nSPS) is 25.4. The van der Waals surface area contributed by atoms with E-state index in [4.69, 9.17) is 4.74 Å². The molecule has 0 saturated carbocycles. The SMILES string of the molecule is CC(C)NC(=O)N1CCC2(CC1)CC(N1CCN(c3ccccc3)CC1)CCO2. The van der Waals surface area contributed by atoms with Gasteiger partial charge in [-0.15, -0.1) is 0 Å². The maximum atomic E-state index is 12.3. The number of urea groups is 1. The standard InChI is InChI=1S/C23H36N4O2/c1-19(2)24-22(28)27-11-9-23(10-12-27)18-21(8-17-29-23)26-15-13-25(14-16-26)20-6-4-3-5-7-20/h3-7,19,21H,8-18H2,1-2H3,(H,24,28). The van der Waals surface area contributed by atoms with Crippen LogP contribution in [0.15, 0.2) is 30.3 Å². The Bertz CT molecular complexity index is 665. The van der Waals surface area contributed by atoms with Gasteiger partial charge in [0.15, 0.2) is 0 Å². The van der Waals surface area contributed by atoms with Crippen LogP contribution in [0, 0.1) is 0 Å². The molecule has 1 spiro atoms. The van der Waals surface area contributed by atoms with Gasteiger partial charge in [0.2, 0.25) is 0 Å². The van der Waals surface area contributed by atoms with Gasteiger partial charge < -0.3 is 19.9 Å². The summed E-state index contributed by atoms with van der Waals surface area (Å²) in [7, 11) is 0. The summed E-state index contributed by atoms with van der Waals surface area (Å²) in [6.45, 7) is 10.9. The van der Waals surface area contributed by atoms with Gasteiger partial charge in [-0.25, -0.2) is 4.79 Å². The lowest BCUT2D eigenvalue weighted by atomic mass is 9.81. The number of rotatable bonds is 3. The molecule has 1 N–H and O–H groups in total. The number of amides is 2. The van der Waals surface area contributed by atoms with E-state index in [0.717, 1.165) is 71.6 Å². The van der Waals surface area contributed by atoms with Gasteiger partial charge >= 0.3 is 6.03 Å². The predicted octanol–water partition coefficient (Wildman–Crippen LogP) is 2.94. The summed E-state index contributed by atoms with van der Waals surface area (Å²) in [6.07, 6.45) is 4.15. The van der Waals surface area contributed by atoms with Crippen molar-refractivity contribution >= 4 is 11.7 Å². The first-order chi connectivity index (χ1) is 14.0. The molecule has 0 radical (unpaired) electrons. The van der Waals surface area contributed by atoms with E-state index in [9.17, 15) is 4.79 Å². The van der Waals surface area contributed by atoms with Crippen LogP contribution in [0.1, 0.15) is 39.5 Å². The molecule has 1 atom stereocenters. The number of para-hydroxylation sites is 1. The first kappa shape index (κ1) is 20.5. The van der Waals surface area contributed by atoms with Crippen LogP contribution in [0.3, 0.4) is 0 Å². The first-order valence-corrected chi connectivity index (χ1v) is 11.3. The minimum Gasteiger partial charge on any atom is -0.375 e. The Morgan fingerprint density at radius 1 is 1.07 bits per heavy atom. The molecule has 3 fully saturated rings. The highest BCUT2D eigenvalue weighted by atomic mass is 16.5. The molecule has 1 aromatic rings. The largest absolute Gasteiger partial charge is 0.375 e. The maximum absolute atomic E-state index is 12.3. The quantitative estimate of drug-likeness (QED) is 0.848. The van der Waals surface area contributed by atoms with Crippen molar-refractivity contribution in [1.82, 2.24) is 15.1 Å². The molecule has 6 heteroatoms. The lowest BCUT2D eigenvalue weighted by Crippen LogP contribution is -2.58. The van der Waals surface area contributed by atoms with Crippen LogP contribution in [0.25, 0.3) is 0 Å². The average Bonchev–Trinajstić information content (AvgIpc) is 2.74. The number of anilines is 1. The number of carbonyl (C=O) groups excluding carboxylic acids is 1. The van der Waals surface area contributed by atoms with Crippen LogP contribution in [-0.2, 0) is 4.74 Å². The van der Waals surface area contributed by atoms with Crippen molar-refractivity contribution in [1.29, 1.82) is 0 Å². The van der Waals surface area contributed by atoms with Crippen LogP contribution >= 0.6 is 0 Å². The van der Waals surface area contributed by atoms with Crippen molar-refractivity contribution in [3.63, 3.8) is 0 Å². The van der Waals surface area contributed by atoms with E-state index in [1.807, 2.05) is 18.7 Å². The highest BCUT2D eigenvalue weighted by molar-refractivity contribution is 5.74. The number of piperazine rings is 1. The summed E-state index contributed by atoms with van der Waals surface area (Å²) in [5.74, 6) is 0. The van der Waals surface area contributed by atoms with Crippen LogP contribution in [0.4, 0.5) is 10.5 Å². The number of hydrogen-bond donors (Lipinski definition) is 1. The summed E-state index contributed by atoms with van der Waals surface area (Å²) in [5, 5.41) is 3.02. The van der Waals surface area contributed by atoms with Crippen molar-refractivity contribution in [2.45, 2.75) is 57.2 Å². The molecule has 3 aliphatic heterocycles. The molecule has 3 aliphatic rings. The zero-order valence-corrected chi connectivity index (χ0v) is 18.0. The van der Waals surface area contributed by atoms with E-state index in [0.29, 0.717) is 6.04 Å². The molecule has 3 saturated heterocycles. The number of ether oxygens (including phenoxy) is 1. The van der Waals surface area contributed by atoms with E-state index in [-0.39, 0.29) is 17.7 Å². The fourth-order valence-corrected chi connectivity index (χ4v) is 5.10. The zero-order chi connectivity index (χ0) is 20.3. The number of benzene rings is 1. The maximum Gasteiger partial charge on any atom is 0.317 e. The zero-order valence-electron chi connectivity index (χ0n) is 18.0. The Morgan fingerprint density at radius 3 is 2.41 bits per heavy atom. The average molecular weight is 401 g/mol. The lowest BCUT2D eigenvalue weighted by Gasteiger charge is -2.49. The minimum absolute atomic E-state index is 0.0336. The van der Waals surface area contributed by atoms with Gasteiger partial charge in [-0.05, 0) is 51.7 Å². The molecule has 3 heterocycles. The number of likely N-dealkylation sites (tertiary alicyclic amines) is 1.